The third-order valence-corrected chi connectivity index (χ3v) is 2.48. The minimum Gasteiger partial charge on any atom is -0.480 e. The van der Waals surface area contributed by atoms with Gasteiger partial charge < -0.3 is 15.3 Å². The Morgan fingerprint density at radius 2 is 1.81 bits per heavy atom. The number of nitrogens with one attached hydrogen (secondary N) is 2. The Balaban J connectivity index is 2.26. The number of rotatable bonds is 3. The number of hydrogen-bond donors (Lipinski definition) is 3. The van der Waals surface area contributed by atoms with E-state index < -0.39 is 18.0 Å². The van der Waals surface area contributed by atoms with Gasteiger partial charge in [-0.3, -0.25) is 10.2 Å². The molecule has 16 heavy (non-hydrogen) atoms. The quantitative estimate of drug-likeness (QED) is 0.574. The van der Waals surface area contributed by atoms with Crippen LogP contribution in [0.3, 0.4) is 0 Å². The highest BCUT2D eigenvalue weighted by molar-refractivity contribution is 5.81. The molecule has 1 aliphatic heterocycles. The van der Waals surface area contributed by atoms with Gasteiger partial charge in [-0.05, 0) is 14.0 Å². The fourth-order valence-electron chi connectivity index (χ4n) is 1.35. The number of piperazine rings is 1. The number of hydrogen-bond acceptors (Lipinski definition) is 4. The Kier molecular flexibility index (Phi) is 4.51. The van der Waals surface area contributed by atoms with Gasteiger partial charge in [-0.15, -0.1) is 0 Å². The molecule has 0 saturated carbocycles. The van der Waals surface area contributed by atoms with Crippen molar-refractivity contribution >= 4 is 12.0 Å². The van der Waals surface area contributed by atoms with Crippen molar-refractivity contribution in [3.63, 3.8) is 0 Å². The van der Waals surface area contributed by atoms with Crippen LogP contribution in [0.4, 0.5) is 4.79 Å². The van der Waals surface area contributed by atoms with E-state index in [4.69, 9.17) is 5.11 Å². The van der Waals surface area contributed by atoms with Crippen molar-refractivity contribution in [1.29, 1.82) is 0 Å². The van der Waals surface area contributed by atoms with Crippen molar-refractivity contribution < 1.29 is 14.7 Å². The number of nitrogens with zero attached hydrogens (tertiary/aromatic N) is 2. The minimum absolute atomic E-state index is 0.473. The number of amides is 2. The predicted octanol–water partition coefficient (Wildman–Crippen LogP) is -1.08. The first kappa shape index (κ1) is 12.7. The van der Waals surface area contributed by atoms with Crippen LogP contribution in [-0.2, 0) is 4.79 Å². The van der Waals surface area contributed by atoms with E-state index in [9.17, 15) is 9.59 Å². The van der Waals surface area contributed by atoms with E-state index in [-0.39, 0.29) is 0 Å². The van der Waals surface area contributed by atoms with Crippen molar-refractivity contribution in [2.24, 2.45) is 0 Å². The van der Waals surface area contributed by atoms with E-state index in [0.29, 0.717) is 0 Å². The molecule has 0 aliphatic carbocycles. The van der Waals surface area contributed by atoms with E-state index in [0.717, 1.165) is 26.2 Å². The van der Waals surface area contributed by atoms with Crippen LogP contribution in [0.15, 0.2) is 0 Å². The third-order valence-electron chi connectivity index (χ3n) is 2.48. The van der Waals surface area contributed by atoms with Gasteiger partial charge in [0.05, 0.1) is 0 Å². The Labute approximate surface area is 94.4 Å². The van der Waals surface area contributed by atoms with Gasteiger partial charge in [0.15, 0.2) is 0 Å². The monoisotopic (exact) mass is 230 g/mol. The van der Waals surface area contributed by atoms with Crippen LogP contribution >= 0.6 is 0 Å². The van der Waals surface area contributed by atoms with Gasteiger partial charge in [0.2, 0.25) is 0 Å². The second-order valence-electron chi connectivity index (χ2n) is 3.94. The number of urea groups is 1. The van der Waals surface area contributed by atoms with Crippen LogP contribution < -0.4 is 10.7 Å². The first-order valence-corrected chi connectivity index (χ1v) is 5.22. The summed E-state index contributed by atoms with van der Waals surface area (Å²) in [4.78, 5) is 24.0. The summed E-state index contributed by atoms with van der Waals surface area (Å²) in [6.45, 7) is 4.67. The van der Waals surface area contributed by atoms with Gasteiger partial charge in [-0.2, -0.15) is 0 Å². The summed E-state index contributed by atoms with van der Waals surface area (Å²) in [6, 6.07) is -1.35. The average Bonchev–Trinajstić information content (AvgIpc) is 2.21. The van der Waals surface area contributed by atoms with Crippen LogP contribution in [0, 0.1) is 0 Å². The minimum atomic E-state index is -1.05. The van der Waals surface area contributed by atoms with Gasteiger partial charge >= 0.3 is 12.0 Å². The van der Waals surface area contributed by atoms with Gasteiger partial charge in [0, 0.05) is 26.2 Å². The largest absolute Gasteiger partial charge is 0.480 e. The summed E-state index contributed by atoms with van der Waals surface area (Å²) in [5, 5.41) is 12.7. The molecule has 0 aromatic rings. The molecule has 0 aromatic carbocycles. The lowest BCUT2D eigenvalue weighted by molar-refractivity contribution is -0.138. The molecule has 0 bridgehead atoms. The fourth-order valence-corrected chi connectivity index (χ4v) is 1.35. The lowest BCUT2D eigenvalue weighted by Crippen LogP contribution is -2.56. The summed E-state index contributed by atoms with van der Waals surface area (Å²) in [5.74, 6) is -1.05. The molecule has 7 heteroatoms. The molecule has 7 nitrogen and oxygen atoms in total. The molecule has 0 radical (unpaired) electrons. The molecule has 3 N–H and O–H groups in total. The SMILES string of the molecule is CC(NC(=O)NN1CCN(C)CC1)C(=O)O. The molecule has 1 atom stereocenters. The Morgan fingerprint density at radius 3 is 2.31 bits per heavy atom. The maximum absolute atomic E-state index is 11.4. The molecule has 1 heterocycles. The zero-order valence-electron chi connectivity index (χ0n) is 9.56. The van der Waals surface area contributed by atoms with Crippen molar-refractivity contribution in [3.05, 3.63) is 0 Å². The maximum Gasteiger partial charge on any atom is 0.330 e. The summed E-state index contributed by atoms with van der Waals surface area (Å²) in [5.41, 5.74) is 2.62. The molecule has 0 aromatic heterocycles. The molecule has 1 unspecified atom stereocenters. The summed E-state index contributed by atoms with van der Waals surface area (Å²) >= 11 is 0. The van der Waals surface area contributed by atoms with Crippen LogP contribution in [0.25, 0.3) is 0 Å². The Bertz CT molecular complexity index is 263. The fraction of sp³-hybridized carbons (Fsp3) is 0.778. The van der Waals surface area contributed by atoms with E-state index in [2.05, 4.69) is 15.6 Å². The van der Waals surface area contributed by atoms with E-state index in [1.54, 1.807) is 5.01 Å². The zero-order valence-corrected chi connectivity index (χ0v) is 9.56. The van der Waals surface area contributed by atoms with Crippen LogP contribution in [0.1, 0.15) is 6.92 Å². The summed E-state index contributed by atoms with van der Waals surface area (Å²) in [7, 11) is 2.02. The topological polar surface area (TPSA) is 84.9 Å². The molecule has 1 saturated heterocycles. The van der Waals surface area contributed by atoms with Gasteiger partial charge in [-0.25, -0.2) is 9.80 Å². The first-order valence-electron chi connectivity index (χ1n) is 5.22. The number of aliphatic carboxylic acids is 1. The zero-order chi connectivity index (χ0) is 12.1. The van der Waals surface area contributed by atoms with Crippen molar-refractivity contribution in [1.82, 2.24) is 20.7 Å². The lowest BCUT2D eigenvalue weighted by Gasteiger charge is -2.32. The maximum atomic E-state index is 11.4. The molecule has 2 amide bonds. The molecule has 92 valence electrons. The van der Waals surface area contributed by atoms with Crippen LogP contribution in [0.5, 0.6) is 0 Å². The van der Waals surface area contributed by atoms with Gasteiger partial charge in [-0.1, -0.05) is 0 Å². The highest BCUT2D eigenvalue weighted by Crippen LogP contribution is 1.95. The van der Waals surface area contributed by atoms with Crippen molar-refractivity contribution in [2.75, 3.05) is 33.2 Å². The average molecular weight is 230 g/mol. The Morgan fingerprint density at radius 1 is 1.25 bits per heavy atom. The van der Waals surface area contributed by atoms with Crippen LogP contribution in [0.2, 0.25) is 0 Å². The van der Waals surface area contributed by atoms with Gasteiger partial charge in [0.25, 0.3) is 0 Å². The Hall–Kier alpha value is -1.34. The number of carbonyl (C=O) groups excluding carboxylic acids is 1. The number of hydrazine groups is 1. The normalized spacial score (nSPS) is 20.1. The molecular formula is C9H18N4O3. The molecular weight excluding hydrogens is 212 g/mol. The molecule has 1 aliphatic rings. The summed E-state index contributed by atoms with van der Waals surface area (Å²) < 4.78 is 0. The lowest BCUT2D eigenvalue weighted by atomic mass is 10.3. The standard InChI is InChI=1S/C9H18N4O3/c1-7(8(14)15)10-9(16)11-13-5-3-12(2)4-6-13/h7H,3-6H2,1-2H3,(H,14,15)(H2,10,11,16). The van der Waals surface area contributed by atoms with Crippen molar-refractivity contribution in [3.8, 4) is 0 Å². The number of carboxylic acid groups (broad SMARTS) is 1. The molecule has 1 rings (SSSR count). The van der Waals surface area contributed by atoms with E-state index in [1.807, 2.05) is 7.05 Å². The highest BCUT2D eigenvalue weighted by Gasteiger charge is 2.18. The third kappa shape index (κ3) is 4.03. The number of likely N-dealkylation sites (N-methyl/N-ethyl adjacent to an activating group) is 1. The predicted molar refractivity (Wildman–Crippen MR) is 57.8 cm³/mol. The van der Waals surface area contributed by atoms with Crippen LogP contribution in [-0.4, -0.2) is 66.3 Å². The molecule has 0 spiro atoms. The molecule has 1 fully saturated rings. The number of carbonyl (C=O) groups is 2. The van der Waals surface area contributed by atoms with Gasteiger partial charge in [0.1, 0.15) is 6.04 Å². The second kappa shape index (κ2) is 5.66. The van der Waals surface area contributed by atoms with Crippen molar-refractivity contribution in [2.45, 2.75) is 13.0 Å². The van der Waals surface area contributed by atoms with E-state index >= 15 is 0 Å². The first-order chi connectivity index (χ1) is 7.49. The summed E-state index contributed by atoms with van der Waals surface area (Å²) in [6.07, 6.45) is 0. The number of carboxylic acids is 1. The second-order valence-corrected chi connectivity index (χ2v) is 3.94. The smallest absolute Gasteiger partial charge is 0.330 e. The highest BCUT2D eigenvalue weighted by atomic mass is 16.4. The van der Waals surface area contributed by atoms with E-state index in [1.165, 1.54) is 6.92 Å².